The first-order valence-corrected chi connectivity index (χ1v) is 6.83. The van der Waals surface area contributed by atoms with Gasteiger partial charge in [0.05, 0.1) is 11.3 Å². The Kier molecular flexibility index (Phi) is 6.02. The summed E-state index contributed by atoms with van der Waals surface area (Å²) in [6.45, 7) is 6.90. The first-order valence-electron chi connectivity index (χ1n) is 6.83. The number of carbonyl (C=O) groups is 1. The SMILES string of the molecule is Cc1nn(C)cc1C(=O)NCC(CCO)CC(C)C. The van der Waals surface area contributed by atoms with Gasteiger partial charge in [-0.15, -0.1) is 0 Å². The number of hydrogen-bond acceptors (Lipinski definition) is 3. The van der Waals surface area contributed by atoms with Crippen LogP contribution in [0.5, 0.6) is 0 Å². The highest BCUT2D eigenvalue weighted by Crippen LogP contribution is 2.14. The molecule has 0 bridgehead atoms. The molecule has 0 aliphatic rings. The number of carbonyl (C=O) groups excluding carboxylic acids is 1. The molecule has 1 rings (SSSR count). The highest BCUT2D eigenvalue weighted by atomic mass is 16.3. The maximum atomic E-state index is 12.0. The average Bonchev–Trinajstić information content (AvgIpc) is 2.64. The van der Waals surface area contributed by atoms with Crippen molar-refractivity contribution >= 4 is 5.91 Å². The summed E-state index contributed by atoms with van der Waals surface area (Å²) < 4.78 is 1.64. The maximum absolute atomic E-state index is 12.0. The molecule has 0 spiro atoms. The molecule has 0 fully saturated rings. The van der Waals surface area contributed by atoms with Gasteiger partial charge < -0.3 is 10.4 Å². The van der Waals surface area contributed by atoms with Crippen LogP contribution in [0.1, 0.15) is 42.7 Å². The predicted octanol–water partition coefficient (Wildman–Crippen LogP) is 1.50. The van der Waals surface area contributed by atoms with Gasteiger partial charge in [0.25, 0.3) is 5.91 Å². The van der Waals surface area contributed by atoms with Gasteiger partial charge in [-0.25, -0.2) is 0 Å². The molecule has 1 aromatic heterocycles. The third-order valence-corrected chi connectivity index (χ3v) is 3.15. The number of aryl methyl sites for hydroxylation is 2. The summed E-state index contributed by atoms with van der Waals surface area (Å²) in [5, 5.41) is 16.2. The topological polar surface area (TPSA) is 67.2 Å². The fourth-order valence-corrected chi connectivity index (χ4v) is 2.31. The zero-order valence-corrected chi connectivity index (χ0v) is 12.3. The van der Waals surface area contributed by atoms with Crippen LogP contribution in [0.25, 0.3) is 0 Å². The highest BCUT2D eigenvalue weighted by Gasteiger charge is 2.15. The highest BCUT2D eigenvalue weighted by molar-refractivity contribution is 5.94. The molecule has 5 heteroatoms. The summed E-state index contributed by atoms with van der Waals surface area (Å²) >= 11 is 0. The molecule has 0 aliphatic carbocycles. The van der Waals surface area contributed by atoms with Crippen LogP contribution in [0.15, 0.2) is 6.20 Å². The largest absolute Gasteiger partial charge is 0.396 e. The van der Waals surface area contributed by atoms with Crippen LogP contribution in [0.2, 0.25) is 0 Å². The van der Waals surface area contributed by atoms with E-state index < -0.39 is 0 Å². The molecule has 1 heterocycles. The summed E-state index contributed by atoms with van der Waals surface area (Å²) in [6.07, 6.45) is 3.46. The Morgan fingerprint density at radius 2 is 2.21 bits per heavy atom. The van der Waals surface area contributed by atoms with Gasteiger partial charge in [0.15, 0.2) is 0 Å². The fraction of sp³-hybridized carbons (Fsp3) is 0.714. The number of aliphatic hydroxyl groups excluding tert-OH is 1. The van der Waals surface area contributed by atoms with E-state index in [1.807, 2.05) is 6.92 Å². The van der Waals surface area contributed by atoms with Gasteiger partial charge in [0, 0.05) is 26.4 Å². The van der Waals surface area contributed by atoms with E-state index in [1.54, 1.807) is 17.9 Å². The van der Waals surface area contributed by atoms with Gasteiger partial charge in [-0.2, -0.15) is 5.10 Å². The van der Waals surface area contributed by atoms with Gasteiger partial charge in [0.1, 0.15) is 0 Å². The summed E-state index contributed by atoms with van der Waals surface area (Å²) in [6, 6.07) is 0. The lowest BCUT2D eigenvalue weighted by Crippen LogP contribution is -2.30. The monoisotopic (exact) mass is 267 g/mol. The smallest absolute Gasteiger partial charge is 0.254 e. The third kappa shape index (κ3) is 5.03. The average molecular weight is 267 g/mol. The van der Waals surface area contributed by atoms with E-state index in [2.05, 4.69) is 24.3 Å². The Morgan fingerprint density at radius 1 is 1.53 bits per heavy atom. The number of aromatic nitrogens is 2. The molecule has 1 amide bonds. The standard InChI is InChI=1S/C14H25N3O2/c1-10(2)7-12(5-6-18)8-15-14(19)13-9-17(4)16-11(13)3/h9-10,12,18H,5-8H2,1-4H3,(H,15,19). The second kappa shape index (κ2) is 7.28. The van der Waals surface area contributed by atoms with E-state index >= 15 is 0 Å². The van der Waals surface area contributed by atoms with E-state index in [1.165, 1.54) is 0 Å². The molecule has 1 unspecified atom stereocenters. The van der Waals surface area contributed by atoms with Gasteiger partial charge in [-0.05, 0) is 31.6 Å². The van der Waals surface area contributed by atoms with E-state index in [0.29, 0.717) is 23.9 Å². The molecule has 0 radical (unpaired) electrons. The quantitative estimate of drug-likeness (QED) is 0.787. The lowest BCUT2D eigenvalue weighted by atomic mass is 9.94. The van der Waals surface area contributed by atoms with E-state index in [0.717, 1.165) is 18.5 Å². The van der Waals surface area contributed by atoms with E-state index in [-0.39, 0.29) is 12.5 Å². The van der Waals surface area contributed by atoms with Crippen LogP contribution in [0, 0.1) is 18.8 Å². The Balaban J connectivity index is 2.54. The number of aliphatic hydroxyl groups is 1. The molecular formula is C14H25N3O2. The summed E-state index contributed by atoms with van der Waals surface area (Å²) in [5.74, 6) is 0.803. The van der Waals surface area contributed by atoms with Crippen LogP contribution in [0.3, 0.4) is 0 Å². The van der Waals surface area contributed by atoms with Gasteiger partial charge in [0.2, 0.25) is 0 Å². The molecular weight excluding hydrogens is 242 g/mol. The van der Waals surface area contributed by atoms with Crippen molar-refractivity contribution < 1.29 is 9.90 Å². The molecule has 5 nitrogen and oxygen atoms in total. The third-order valence-electron chi connectivity index (χ3n) is 3.15. The van der Waals surface area contributed by atoms with Crippen molar-refractivity contribution in [3.63, 3.8) is 0 Å². The van der Waals surface area contributed by atoms with Crippen molar-refractivity contribution in [1.82, 2.24) is 15.1 Å². The molecule has 0 saturated carbocycles. The van der Waals surface area contributed by atoms with Crippen LogP contribution in [-0.2, 0) is 7.05 Å². The van der Waals surface area contributed by atoms with Crippen LogP contribution < -0.4 is 5.32 Å². The van der Waals surface area contributed by atoms with Crippen molar-refractivity contribution in [2.45, 2.75) is 33.6 Å². The van der Waals surface area contributed by atoms with Crippen molar-refractivity contribution in [3.05, 3.63) is 17.5 Å². The summed E-state index contributed by atoms with van der Waals surface area (Å²) in [7, 11) is 1.80. The van der Waals surface area contributed by atoms with Crippen LogP contribution in [-0.4, -0.2) is 33.9 Å². The van der Waals surface area contributed by atoms with Gasteiger partial charge in [-0.1, -0.05) is 13.8 Å². The molecule has 19 heavy (non-hydrogen) atoms. The summed E-state index contributed by atoms with van der Waals surface area (Å²) in [5.41, 5.74) is 1.36. The lowest BCUT2D eigenvalue weighted by Gasteiger charge is -2.18. The molecule has 0 saturated heterocycles. The van der Waals surface area contributed by atoms with Gasteiger partial charge >= 0.3 is 0 Å². The number of hydrogen-bond donors (Lipinski definition) is 2. The zero-order chi connectivity index (χ0) is 14.4. The van der Waals surface area contributed by atoms with Crippen LogP contribution >= 0.6 is 0 Å². The molecule has 0 aliphatic heterocycles. The zero-order valence-electron chi connectivity index (χ0n) is 12.3. The normalized spacial score (nSPS) is 12.7. The van der Waals surface area contributed by atoms with Gasteiger partial charge in [-0.3, -0.25) is 9.48 Å². The molecule has 1 atom stereocenters. The summed E-state index contributed by atoms with van der Waals surface area (Å²) in [4.78, 5) is 12.0. The first-order chi connectivity index (χ1) is 8.93. The van der Waals surface area contributed by atoms with Crippen molar-refractivity contribution in [2.75, 3.05) is 13.2 Å². The van der Waals surface area contributed by atoms with Crippen molar-refractivity contribution in [3.8, 4) is 0 Å². The predicted molar refractivity (Wildman–Crippen MR) is 74.9 cm³/mol. The Labute approximate surface area is 115 Å². The second-order valence-corrected chi connectivity index (χ2v) is 5.52. The van der Waals surface area contributed by atoms with Crippen molar-refractivity contribution in [1.29, 1.82) is 0 Å². The molecule has 1 aromatic rings. The maximum Gasteiger partial charge on any atom is 0.254 e. The fourth-order valence-electron chi connectivity index (χ4n) is 2.31. The number of amides is 1. The minimum absolute atomic E-state index is 0.0858. The van der Waals surface area contributed by atoms with E-state index in [9.17, 15) is 4.79 Å². The Morgan fingerprint density at radius 3 is 2.68 bits per heavy atom. The second-order valence-electron chi connectivity index (χ2n) is 5.52. The van der Waals surface area contributed by atoms with Crippen molar-refractivity contribution in [2.24, 2.45) is 18.9 Å². The lowest BCUT2D eigenvalue weighted by molar-refractivity contribution is 0.0940. The number of rotatable bonds is 7. The molecule has 2 N–H and O–H groups in total. The minimum atomic E-state index is -0.0858. The number of nitrogens with one attached hydrogen (secondary N) is 1. The van der Waals surface area contributed by atoms with E-state index in [4.69, 9.17) is 5.11 Å². The first kappa shape index (κ1) is 15.7. The molecule has 0 aromatic carbocycles. The Bertz CT molecular complexity index is 413. The molecule has 108 valence electrons. The minimum Gasteiger partial charge on any atom is -0.396 e. The Hall–Kier alpha value is -1.36. The number of nitrogens with zero attached hydrogens (tertiary/aromatic N) is 2. The van der Waals surface area contributed by atoms with Crippen LogP contribution in [0.4, 0.5) is 0 Å².